The Balaban J connectivity index is 1.80. The van der Waals surface area contributed by atoms with Gasteiger partial charge in [-0.15, -0.1) is 0 Å². The van der Waals surface area contributed by atoms with E-state index >= 15 is 0 Å². The molecule has 7 nitrogen and oxygen atoms in total. The molecular weight excluding hydrogens is 366 g/mol. The van der Waals surface area contributed by atoms with Gasteiger partial charge in [0, 0.05) is 31.7 Å². The van der Waals surface area contributed by atoms with Gasteiger partial charge in [-0.2, -0.15) is 4.31 Å². The number of amides is 1. The number of sulfonamides is 1. The molecule has 2 aromatic rings. The zero-order valence-electron chi connectivity index (χ0n) is 16.2. The summed E-state index contributed by atoms with van der Waals surface area (Å²) in [5, 5.41) is 3.76. The van der Waals surface area contributed by atoms with Crippen molar-refractivity contribution in [2.24, 2.45) is 0 Å². The molecule has 0 saturated carbocycles. The zero-order valence-corrected chi connectivity index (χ0v) is 17.0. The van der Waals surface area contributed by atoms with E-state index in [1.165, 1.54) is 4.31 Å². The molecule has 0 aliphatic carbocycles. The lowest BCUT2D eigenvalue weighted by Crippen LogP contribution is -2.37. The lowest BCUT2D eigenvalue weighted by Gasteiger charge is -2.23. The monoisotopic (exact) mass is 391 g/mol. The molecular formula is C19H25N3O4S. The maximum Gasteiger partial charge on any atom is 0.254 e. The van der Waals surface area contributed by atoms with E-state index in [2.05, 4.69) is 5.16 Å². The van der Waals surface area contributed by atoms with Crippen LogP contribution in [0.5, 0.6) is 0 Å². The van der Waals surface area contributed by atoms with Gasteiger partial charge in [0.15, 0.2) is 5.76 Å². The largest absolute Gasteiger partial charge is 0.360 e. The molecule has 3 rings (SSSR count). The minimum absolute atomic E-state index is 0.0483. The molecule has 8 heteroatoms. The Morgan fingerprint density at radius 3 is 2.48 bits per heavy atom. The number of hydrogen-bond acceptors (Lipinski definition) is 5. The van der Waals surface area contributed by atoms with E-state index in [-0.39, 0.29) is 17.3 Å². The Morgan fingerprint density at radius 2 is 1.81 bits per heavy atom. The molecule has 146 valence electrons. The third kappa shape index (κ3) is 3.64. The van der Waals surface area contributed by atoms with Crippen molar-refractivity contribution in [1.82, 2.24) is 14.4 Å². The van der Waals surface area contributed by atoms with Crippen LogP contribution < -0.4 is 0 Å². The Bertz CT molecular complexity index is 946. The minimum Gasteiger partial charge on any atom is -0.360 e. The molecule has 1 saturated heterocycles. The highest BCUT2D eigenvalue weighted by Gasteiger charge is 2.33. The average Bonchev–Trinajstić information content (AvgIpc) is 2.83. The van der Waals surface area contributed by atoms with Crippen LogP contribution in [0.25, 0.3) is 0 Å². The second kappa shape index (κ2) is 7.44. The number of nitrogens with zero attached hydrogens (tertiary/aromatic N) is 3. The van der Waals surface area contributed by atoms with E-state index < -0.39 is 10.0 Å². The van der Waals surface area contributed by atoms with Gasteiger partial charge in [-0.05, 0) is 51.3 Å². The summed E-state index contributed by atoms with van der Waals surface area (Å²) in [6.07, 6.45) is 0.583. The van der Waals surface area contributed by atoms with Crippen molar-refractivity contribution < 1.29 is 17.7 Å². The van der Waals surface area contributed by atoms with Crippen molar-refractivity contribution in [3.63, 3.8) is 0 Å². The number of rotatable bonds is 3. The molecule has 0 N–H and O–H groups in total. The van der Waals surface area contributed by atoms with Crippen LogP contribution in [0.1, 0.15) is 39.4 Å². The summed E-state index contributed by atoms with van der Waals surface area (Å²) in [6.45, 7) is 8.64. The number of hydrogen-bond donors (Lipinski definition) is 0. The Morgan fingerprint density at radius 1 is 1.07 bits per heavy atom. The van der Waals surface area contributed by atoms with Crippen molar-refractivity contribution in [1.29, 1.82) is 0 Å². The molecule has 0 spiro atoms. The van der Waals surface area contributed by atoms with Crippen molar-refractivity contribution >= 4 is 15.9 Å². The van der Waals surface area contributed by atoms with E-state index in [0.29, 0.717) is 43.1 Å². The third-order valence-corrected chi connectivity index (χ3v) is 7.29. The number of carbonyl (C=O) groups is 1. The van der Waals surface area contributed by atoms with Crippen LogP contribution in [-0.4, -0.2) is 54.9 Å². The third-order valence-electron chi connectivity index (χ3n) is 5.14. The van der Waals surface area contributed by atoms with Gasteiger partial charge >= 0.3 is 0 Å². The molecule has 1 aliphatic heterocycles. The number of aromatic nitrogens is 1. The Kier molecular flexibility index (Phi) is 5.39. The highest BCUT2D eigenvalue weighted by atomic mass is 32.2. The fourth-order valence-electron chi connectivity index (χ4n) is 3.46. The van der Waals surface area contributed by atoms with Gasteiger partial charge in [-0.3, -0.25) is 4.79 Å². The summed E-state index contributed by atoms with van der Waals surface area (Å²) in [7, 11) is -3.69. The summed E-state index contributed by atoms with van der Waals surface area (Å²) in [6, 6.07) is 5.68. The number of benzene rings is 1. The quantitative estimate of drug-likeness (QED) is 0.802. The van der Waals surface area contributed by atoms with Crippen molar-refractivity contribution in [2.45, 2.75) is 39.0 Å². The lowest BCUT2D eigenvalue weighted by molar-refractivity contribution is 0.0763. The predicted molar refractivity (Wildman–Crippen MR) is 101 cm³/mol. The van der Waals surface area contributed by atoms with Crippen LogP contribution in [0.15, 0.2) is 27.6 Å². The Labute approximate surface area is 160 Å². The van der Waals surface area contributed by atoms with Gasteiger partial charge in [-0.25, -0.2) is 8.42 Å². The summed E-state index contributed by atoms with van der Waals surface area (Å²) < 4.78 is 32.5. The second-order valence-corrected chi connectivity index (χ2v) is 8.83. The second-order valence-electron chi connectivity index (χ2n) is 6.95. The first kappa shape index (κ1) is 19.6. The first-order valence-corrected chi connectivity index (χ1v) is 10.5. The Hall–Kier alpha value is -2.19. The maximum atomic E-state index is 13.0. The van der Waals surface area contributed by atoms with Crippen molar-refractivity contribution in [2.75, 3.05) is 26.2 Å². The number of aryl methyl sites for hydroxylation is 3. The summed E-state index contributed by atoms with van der Waals surface area (Å²) >= 11 is 0. The summed E-state index contributed by atoms with van der Waals surface area (Å²) in [5.74, 6) is 0.243. The predicted octanol–water partition coefficient (Wildman–Crippen LogP) is 2.45. The van der Waals surface area contributed by atoms with Gasteiger partial charge in [0.05, 0.1) is 0 Å². The molecule has 0 bridgehead atoms. The van der Waals surface area contributed by atoms with Gasteiger partial charge in [-0.1, -0.05) is 17.3 Å². The summed E-state index contributed by atoms with van der Waals surface area (Å²) in [5.41, 5.74) is 3.07. The van der Waals surface area contributed by atoms with E-state index in [0.717, 1.165) is 11.1 Å². The van der Waals surface area contributed by atoms with E-state index in [1.807, 2.05) is 32.0 Å². The van der Waals surface area contributed by atoms with E-state index in [4.69, 9.17) is 4.52 Å². The van der Waals surface area contributed by atoms with Gasteiger partial charge in [0.25, 0.3) is 5.91 Å². The molecule has 2 heterocycles. The van der Waals surface area contributed by atoms with Crippen LogP contribution >= 0.6 is 0 Å². The molecule has 1 fully saturated rings. The molecule has 1 aromatic carbocycles. The van der Waals surface area contributed by atoms with Crippen LogP contribution in [0, 0.1) is 27.7 Å². The smallest absolute Gasteiger partial charge is 0.254 e. The molecule has 27 heavy (non-hydrogen) atoms. The fourth-order valence-corrected chi connectivity index (χ4v) is 5.22. The van der Waals surface area contributed by atoms with Crippen LogP contribution in [-0.2, 0) is 10.0 Å². The average molecular weight is 391 g/mol. The molecule has 0 unspecified atom stereocenters. The SMILES string of the molecule is Cc1cccc(C(=O)N2CCCN(S(=O)(=O)c3c(C)noc3C)CC2)c1C. The van der Waals surface area contributed by atoms with Crippen molar-refractivity contribution in [3.8, 4) is 0 Å². The van der Waals surface area contributed by atoms with Gasteiger partial charge < -0.3 is 9.42 Å². The van der Waals surface area contributed by atoms with Gasteiger partial charge in [0.2, 0.25) is 10.0 Å². The molecule has 0 radical (unpaired) electrons. The first-order chi connectivity index (χ1) is 12.7. The van der Waals surface area contributed by atoms with Crippen LogP contribution in [0.2, 0.25) is 0 Å². The standard InChI is InChI=1S/C19H25N3O4S/c1-13-7-5-8-17(14(13)2)19(23)21-9-6-10-22(12-11-21)27(24,25)18-15(3)20-26-16(18)4/h5,7-8H,6,9-12H2,1-4H3. The lowest BCUT2D eigenvalue weighted by atomic mass is 10.0. The van der Waals surface area contributed by atoms with Gasteiger partial charge in [0.1, 0.15) is 10.6 Å². The fraction of sp³-hybridized carbons (Fsp3) is 0.474. The molecule has 1 aromatic heterocycles. The normalized spacial score (nSPS) is 16.4. The molecule has 0 atom stereocenters. The molecule has 1 amide bonds. The highest BCUT2D eigenvalue weighted by Crippen LogP contribution is 2.24. The topological polar surface area (TPSA) is 83.7 Å². The van der Waals surface area contributed by atoms with Crippen LogP contribution in [0.3, 0.4) is 0 Å². The molecule has 1 aliphatic rings. The van der Waals surface area contributed by atoms with Crippen LogP contribution in [0.4, 0.5) is 0 Å². The minimum atomic E-state index is -3.69. The zero-order chi connectivity index (χ0) is 19.8. The number of carbonyl (C=O) groups excluding carboxylic acids is 1. The highest BCUT2D eigenvalue weighted by molar-refractivity contribution is 7.89. The maximum absolute atomic E-state index is 13.0. The first-order valence-electron chi connectivity index (χ1n) is 9.02. The van der Waals surface area contributed by atoms with Crippen molar-refractivity contribution in [3.05, 3.63) is 46.3 Å². The van der Waals surface area contributed by atoms with E-state index in [1.54, 1.807) is 18.7 Å². The van der Waals surface area contributed by atoms with E-state index in [9.17, 15) is 13.2 Å². The summed E-state index contributed by atoms with van der Waals surface area (Å²) in [4.78, 5) is 14.8.